The van der Waals surface area contributed by atoms with Crippen molar-refractivity contribution in [3.63, 3.8) is 0 Å². The van der Waals surface area contributed by atoms with Gasteiger partial charge in [-0.25, -0.2) is 0 Å². The first-order valence-electron chi connectivity index (χ1n) is 6.27. The second-order valence-electron chi connectivity index (χ2n) is 4.93. The number of rotatable bonds is 2. The summed E-state index contributed by atoms with van der Waals surface area (Å²) in [4.78, 5) is 10.8. The molecule has 0 saturated heterocycles. The van der Waals surface area contributed by atoms with E-state index in [0.29, 0.717) is 0 Å². The maximum Gasteiger partial charge on any atom is 0.471 e. The largest absolute Gasteiger partial charge is 0.471 e. The van der Waals surface area contributed by atoms with E-state index in [1.807, 2.05) is 0 Å². The normalized spacial score (nSPS) is 17.5. The smallest absolute Gasteiger partial charge is 0.318 e. The molecule has 6 heteroatoms. The predicted octanol–water partition coefficient (Wildman–Crippen LogP) is 3.52. The lowest BCUT2D eigenvalue weighted by Gasteiger charge is -2.21. The summed E-state index contributed by atoms with van der Waals surface area (Å²) in [5.74, 6) is -2.00. The van der Waals surface area contributed by atoms with E-state index in [1.165, 1.54) is 12.1 Å². The molecule has 0 heterocycles. The van der Waals surface area contributed by atoms with Crippen molar-refractivity contribution in [3.05, 3.63) is 29.8 Å². The molecule has 1 N–H and O–H groups in total. The minimum Gasteiger partial charge on any atom is -0.318 e. The molecule has 0 bridgehead atoms. The Kier molecular flexibility index (Phi) is 3.71. The lowest BCUT2D eigenvalue weighted by Crippen LogP contribution is -2.30. The number of anilines is 1. The monoisotopic (exact) mass is 282 g/mol. The third-order valence-electron chi connectivity index (χ3n) is 3.62. The van der Waals surface area contributed by atoms with Gasteiger partial charge in [-0.15, -0.1) is 0 Å². The molecule has 0 aromatic heterocycles. The average Bonchev–Trinajstić information content (AvgIpc) is 2.88. The van der Waals surface area contributed by atoms with Crippen LogP contribution in [0.3, 0.4) is 0 Å². The molecule has 1 aromatic rings. The van der Waals surface area contributed by atoms with Crippen LogP contribution < -0.4 is 5.32 Å². The molecule has 3 nitrogen and oxygen atoms in total. The van der Waals surface area contributed by atoms with E-state index in [4.69, 9.17) is 0 Å². The molecule has 0 radical (unpaired) electrons. The maximum absolute atomic E-state index is 12.1. The number of hydrogen-bond acceptors (Lipinski definition) is 2. The molecule has 1 amide bonds. The fraction of sp³-hybridized carbons (Fsp3) is 0.429. The van der Waals surface area contributed by atoms with Crippen LogP contribution in [0, 0.1) is 11.3 Å². The van der Waals surface area contributed by atoms with E-state index in [-0.39, 0.29) is 5.69 Å². The standard InChI is InChI=1S/C14H13F3N2O/c15-14(16,17)12(20)19-11-5-3-10(4-6-11)13(9-18)7-1-2-8-13/h3-6H,1-2,7-8H2,(H,19,20). The van der Waals surface area contributed by atoms with Crippen LogP contribution in [0.5, 0.6) is 0 Å². The van der Waals surface area contributed by atoms with Crippen molar-refractivity contribution in [3.8, 4) is 6.07 Å². The van der Waals surface area contributed by atoms with Crippen molar-refractivity contribution in [2.75, 3.05) is 5.32 Å². The molecule has 106 valence electrons. The van der Waals surface area contributed by atoms with Gasteiger partial charge in [0.1, 0.15) is 0 Å². The summed E-state index contributed by atoms with van der Waals surface area (Å²) in [6.45, 7) is 0. The van der Waals surface area contributed by atoms with Gasteiger partial charge < -0.3 is 5.32 Å². The maximum atomic E-state index is 12.1. The highest BCUT2D eigenvalue weighted by molar-refractivity contribution is 5.94. The van der Waals surface area contributed by atoms with Gasteiger partial charge >= 0.3 is 12.1 Å². The zero-order chi connectivity index (χ0) is 14.8. The van der Waals surface area contributed by atoms with Crippen molar-refractivity contribution < 1.29 is 18.0 Å². The van der Waals surface area contributed by atoms with E-state index in [2.05, 4.69) is 6.07 Å². The number of hydrogen-bond donors (Lipinski definition) is 1. The summed E-state index contributed by atoms with van der Waals surface area (Å²) in [7, 11) is 0. The number of nitrogens with zero attached hydrogens (tertiary/aromatic N) is 1. The Morgan fingerprint density at radius 1 is 1.20 bits per heavy atom. The van der Waals surface area contributed by atoms with Gasteiger partial charge in [-0.3, -0.25) is 4.79 Å². The van der Waals surface area contributed by atoms with Crippen molar-refractivity contribution >= 4 is 11.6 Å². The number of amides is 1. The Morgan fingerprint density at radius 3 is 2.20 bits per heavy atom. The zero-order valence-corrected chi connectivity index (χ0v) is 10.6. The van der Waals surface area contributed by atoms with Gasteiger partial charge in [0.25, 0.3) is 0 Å². The zero-order valence-electron chi connectivity index (χ0n) is 10.6. The third-order valence-corrected chi connectivity index (χ3v) is 3.62. The van der Waals surface area contributed by atoms with E-state index in [9.17, 15) is 23.2 Å². The number of nitriles is 1. The van der Waals surface area contributed by atoms with Gasteiger partial charge in [0.2, 0.25) is 0 Å². The second kappa shape index (κ2) is 5.16. The first-order chi connectivity index (χ1) is 9.37. The highest BCUT2D eigenvalue weighted by Crippen LogP contribution is 2.40. The van der Waals surface area contributed by atoms with Gasteiger partial charge in [-0.05, 0) is 30.5 Å². The van der Waals surface area contributed by atoms with Crippen LogP contribution in [-0.2, 0) is 10.2 Å². The molecule has 1 saturated carbocycles. The first-order valence-corrected chi connectivity index (χ1v) is 6.27. The fourth-order valence-electron chi connectivity index (χ4n) is 2.52. The summed E-state index contributed by atoms with van der Waals surface area (Å²) in [6, 6.07) is 8.33. The molecule has 0 spiro atoms. The highest BCUT2D eigenvalue weighted by Gasteiger charge is 2.39. The minimum absolute atomic E-state index is 0.0714. The lowest BCUT2D eigenvalue weighted by molar-refractivity contribution is -0.167. The Balaban J connectivity index is 2.15. The fourth-order valence-corrected chi connectivity index (χ4v) is 2.52. The Hall–Kier alpha value is -2.03. The minimum atomic E-state index is -4.90. The van der Waals surface area contributed by atoms with Gasteiger partial charge in [-0.1, -0.05) is 25.0 Å². The molecule has 1 aromatic carbocycles. The van der Waals surface area contributed by atoms with Crippen LogP contribution >= 0.6 is 0 Å². The van der Waals surface area contributed by atoms with Crippen molar-refractivity contribution in [1.29, 1.82) is 5.26 Å². The number of carbonyl (C=O) groups excluding carboxylic acids is 1. The summed E-state index contributed by atoms with van der Waals surface area (Å²) < 4.78 is 36.4. The Labute approximate surface area is 114 Å². The van der Waals surface area contributed by atoms with Crippen molar-refractivity contribution in [2.45, 2.75) is 37.3 Å². The van der Waals surface area contributed by atoms with Gasteiger partial charge in [0, 0.05) is 5.69 Å². The Morgan fingerprint density at radius 2 is 1.75 bits per heavy atom. The first kappa shape index (κ1) is 14.4. The molecular weight excluding hydrogens is 269 g/mol. The van der Waals surface area contributed by atoms with Crippen molar-refractivity contribution in [2.24, 2.45) is 0 Å². The molecule has 20 heavy (non-hydrogen) atoms. The molecule has 1 aliphatic rings. The van der Waals surface area contributed by atoms with Crippen LogP contribution in [0.15, 0.2) is 24.3 Å². The van der Waals surface area contributed by atoms with Crippen LogP contribution in [-0.4, -0.2) is 12.1 Å². The predicted molar refractivity (Wildman–Crippen MR) is 66.9 cm³/mol. The topological polar surface area (TPSA) is 52.9 Å². The Bertz CT molecular complexity index is 537. The van der Waals surface area contributed by atoms with E-state index < -0.39 is 17.5 Å². The highest BCUT2D eigenvalue weighted by atomic mass is 19.4. The molecule has 0 aliphatic heterocycles. The lowest BCUT2D eigenvalue weighted by atomic mass is 9.80. The molecule has 1 fully saturated rings. The third kappa shape index (κ3) is 2.77. The SMILES string of the molecule is N#CC1(c2ccc(NC(=O)C(F)(F)F)cc2)CCCC1. The summed E-state index contributed by atoms with van der Waals surface area (Å²) >= 11 is 0. The van der Waals surface area contributed by atoms with Gasteiger partial charge in [-0.2, -0.15) is 18.4 Å². The van der Waals surface area contributed by atoms with Gasteiger partial charge in [0.15, 0.2) is 0 Å². The van der Waals surface area contributed by atoms with E-state index in [0.717, 1.165) is 31.2 Å². The van der Waals surface area contributed by atoms with E-state index >= 15 is 0 Å². The average molecular weight is 282 g/mol. The number of nitrogens with one attached hydrogen (secondary N) is 1. The number of alkyl halides is 3. The molecular formula is C14H13F3N2O. The summed E-state index contributed by atoms with van der Waals surface area (Å²) in [5.41, 5.74) is 0.330. The summed E-state index contributed by atoms with van der Waals surface area (Å²) in [5, 5.41) is 11.1. The van der Waals surface area contributed by atoms with E-state index in [1.54, 1.807) is 17.4 Å². The number of halogens is 3. The van der Waals surface area contributed by atoms with Crippen LogP contribution in [0.1, 0.15) is 31.2 Å². The molecule has 1 aliphatic carbocycles. The molecule has 0 atom stereocenters. The van der Waals surface area contributed by atoms with Gasteiger partial charge in [0.05, 0.1) is 11.5 Å². The van der Waals surface area contributed by atoms with Crippen molar-refractivity contribution in [1.82, 2.24) is 0 Å². The van der Waals surface area contributed by atoms with Crippen LogP contribution in [0.25, 0.3) is 0 Å². The summed E-state index contributed by atoms with van der Waals surface area (Å²) in [6.07, 6.45) is -1.44. The van der Waals surface area contributed by atoms with Crippen LogP contribution in [0.4, 0.5) is 18.9 Å². The second-order valence-corrected chi connectivity index (χ2v) is 4.93. The molecule has 0 unspecified atom stereocenters. The quantitative estimate of drug-likeness (QED) is 0.902. The number of benzene rings is 1. The molecule has 2 rings (SSSR count). The van der Waals surface area contributed by atoms with Crippen LogP contribution in [0.2, 0.25) is 0 Å². The number of carbonyl (C=O) groups is 1.